The second-order valence-electron chi connectivity index (χ2n) is 7.36. The van der Waals surface area contributed by atoms with Crippen molar-refractivity contribution in [1.82, 2.24) is 4.98 Å². The minimum absolute atomic E-state index is 0.159. The van der Waals surface area contributed by atoms with Gasteiger partial charge < -0.3 is 15.4 Å². The zero-order valence-electron chi connectivity index (χ0n) is 17.8. The monoisotopic (exact) mass is 450 g/mol. The molecule has 4 aromatic rings. The highest BCUT2D eigenvalue weighted by molar-refractivity contribution is 7.92. The van der Waals surface area contributed by atoms with Gasteiger partial charge in [0, 0.05) is 40.8 Å². The van der Waals surface area contributed by atoms with Crippen molar-refractivity contribution in [3.8, 4) is 5.75 Å². The van der Waals surface area contributed by atoms with Gasteiger partial charge in [0.15, 0.2) is 0 Å². The van der Waals surface area contributed by atoms with Crippen LogP contribution in [0.15, 0.2) is 60.7 Å². The summed E-state index contributed by atoms with van der Waals surface area (Å²) in [4.78, 5) is 16.2. The van der Waals surface area contributed by atoms with Crippen LogP contribution in [0.25, 0.3) is 21.8 Å². The van der Waals surface area contributed by atoms with Gasteiger partial charge in [-0.3, -0.25) is 9.52 Å². The van der Waals surface area contributed by atoms with Gasteiger partial charge in [-0.2, -0.15) is 0 Å². The molecule has 1 aromatic heterocycles. The molecule has 0 fully saturated rings. The number of nitrogens with zero attached hydrogens (tertiary/aromatic N) is 1. The molecule has 1 amide bonds. The van der Waals surface area contributed by atoms with Crippen molar-refractivity contribution < 1.29 is 17.9 Å². The van der Waals surface area contributed by atoms with E-state index in [2.05, 4.69) is 15.4 Å². The third-order valence-corrected chi connectivity index (χ3v) is 5.37. The molecule has 3 aromatic carbocycles. The molecule has 1 heterocycles. The molecule has 0 atom stereocenters. The van der Waals surface area contributed by atoms with Crippen LogP contribution in [-0.2, 0) is 14.8 Å². The van der Waals surface area contributed by atoms with Gasteiger partial charge in [-0.25, -0.2) is 13.4 Å². The maximum atomic E-state index is 11.5. The first-order valence-electron chi connectivity index (χ1n) is 9.76. The van der Waals surface area contributed by atoms with Gasteiger partial charge in [0.05, 0.1) is 30.1 Å². The molecule has 0 aliphatic rings. The van der Waals surface area contributed by atoms with Crippen LogP contribution in [0.4, 0.5) is 22.7 Å². The molecule has 4 rings (SSSR count). The Balaban J connectivity index is 1.82. The van der Waals surface area contributed by atoms with E-state index in [0.717, 1.165) is 33.9 Å². The van der Waals surface area contributed by atoms with E-state index < -0.39 is 10.0 Å². The number of anilines is 4. The minimum atomic E-state index is -3.35. The second kappa shape index (κ2) is 8.35. The van der Waals surface area contributed by atoms with E-state index in [1.54, 1.807) is 31.4 Å². The normalized spacial score (nSPS) is 11.3. The topological polar surface area (TPSA) is 109 Å². The van der Waals surface area contributed by atoms with Crippen LogP contribution >= 0.6 is 0 Å². The Morgan fingerprint density at radius 1 is 0.875 bits per heavy atom. The number of methoxy groups -OCH3 is 1. The summed E-state index contributed by atoms with van der Waals surface area (Å²) in [5, 5.41) is 7.98. The zero-order chi connectivity index (χ0) is 22.9. The lowest BCUT2D eigenvalue weighted by Crippen LogP contribution is -2.09. The van der Waals surface area contributed by atoms with E-state index in [1.807, 2.05) is 36.4 Å². The number of hydrogen-bond donors (Lipinski definition) is 3. The predicted octanol–water partition coefficient (Wildman–Crippen LogP) is 4.47. The van der Waals surface area contributed by atoms with Crippen LogP contribution in [0.3, 0.4) is 0 Å². The molecule has 0 radical (unpaired) electrons. The number of pyridine rings is 1. The van der Waals surface area contributed by atoms with Crippen molar-refractivity contribution in [3.63, 3.8) is 0 Å². The average molecular weight is 451 g/mol. The molecule has 0 aliphatic heterocycles. The van der Waals surface area contributed by atoms with Gasteiger partial charge in [-0.15, -0.1) is 0 Å². The molecule has 0 saturated carbocycles. The fourth-order valence-electron chi connectivity index (χ4n) is 3.45. The maximum absolute atomic E-state index is 11.5. The highest BCUT2D eigenvalue weighted by atomic mass is 32.2. The maximum Gasteiger partial charge on any atom is 0.229 e. The van der Waals surface area contributed by atoms with Crippen LogP contribution in [-0.4, -0.2) is 32.7 Å². The van der Waals surface area contributed by atoms with Crippen LogP contribution in [0.2, 0.25) is 0 Å². The van der Waals surface area contributed by atoms with E-state index in [-0.39, 0.29) is 5.91 Å². The highest BCUT2D eigenvalue weighted by Gasteiger charge is 2.12. The number of benzene rings is 3. The molecule has 0 bridgehead atoms. The van der Waals surface area contributed by atoms with Gasteiger partial charge in [0.25, 0.3) is 0 Å². The summed E-state index contributed by atoms with van der Waals surface area (Å²) in [5.41, 5.74) is 4.18. The molecule has 8 nitrogen and oxygen atoms in total. The smallest absolute Gasteiger partial charge is 0.229 e. The number of carbonyl (C=O) groups excluding carboxylic acids is 1. The van der Waals surface area contributed by atoms with Gasteiger partial charge in [0.2, 0.25) is 15.9 Å². The minimum Gasteiger partial charge on any atom is -0.497 e. The van der Waals surface area contributed by atoms with Gasteiger partial charge in [-0.05, 0) is 54.6 Å². The number of hydrogen-bond acceptors (Lipinski definition) is 6. The lowest BCUT2D eigenvalue weighted by Gasteiger charge is -2.15. The van der Waals surface area contributed by atoms with E-state index in [9.17, 15) is 13.2 Å². The molecule has 164 valence electrons. The third-order valence-electron chi connectivity index (χ3n) is 4.76. The number of fused-ring (bicyclic) bond motifs is 2. The van der Waals surface area contributed by atoms with Gasteiger partial charge in [0.1, 0.15) is 5.75 Å². The Hall–Kier alpha value is -3.85. The molecule has 0 saturated heterocycles. The van der Waals surface area contributed by atoms with Crippen molar-refractivity contribution in [2.45, 2.75) is 6.92 Å². The van der Waals surface area contributed by atoms with Crippen LogP contribution < -0.4 is 20.1 Å². The number of amides is 1. The Morgan fingerprint density at radius 2 is 1.47 bits per heavy atom. The van der Waals surface area contributed by atoms with Crippen LogP contribution in [0.5, 0.6) is 5.75 Å². The summed E-state index contributed by atoms with van der Waals surface area (Å²) >= 11 is 0. The molecule has 0 aliphatic carbocycles. The molecule has 32 heavy (non-hydrogen) atoms. The Kier molecular flexibility index (Phi) is 5.58. The van der Waals surface area contributed by atoms with Crippen LogP contribution in [0.1, 0.15) is 6.92 Å². The summed E-state index contributed by atoms with van der Waals surface area (Å²) in [6.07, 6.45) is 1.11. The van der Waals surface area contributed by atoms with E-state index >= 15 is 0 Å². The predicted molar refractivity (Wildman–Crippen MR) is 128 cm³/mol. The van der Waals surface area contributed by atoms with Gasteiger partial charge >= 0.3 is 0 Å². The Morgan fingerprint density at radius 3 is 2.09 bits per heavy atom. The van der Waals surface area contributed by atoms with Crippen molar-refractivity contribution in [3.05, 3.63) is 60.7 Å². The van der Waals surface area contributed by atoms with Crippen LogP contribution in [0, 0.1) is 0 Å². The largest absolute Gasteiger partial charge is 0.497 e. The number of carbonyl (C=O) groups is 1. The SMILES string of the molecule is COc1ccc2c(Nc3ccc(NS(C)(=O)=O)cc3)c3ccc(NC(C)=O)cc3nc2c1. The van der Waals surface area contributed by atoms with E-state index in [0.29, 0.717) is 22.6 Å². The molecule has 0 unspecified atom stereocenters. The number of ether oxygens (including phenoxy) is 1. The van der Waals surface area contributed by atoms with Gasteiger partial charge in [-0.1, -0.05) is 0 Å². The number of rotatable bonds is 6. The fourth-order valence-corrected chi connectivity index (χ4v) is 4.01. The molecular formula is C23H22N4O4S. The Labute approximate surface area is 185 Å². The van der Waals surface area contributed by atoms with Crippen molar-refractivity contribution >= 4 is 60.5 Å². The Bertz CT molecular complexity index is 1430. The summed E-state index contributed by atoms with van der Waals surface area (Å²) in [5.74, 6) is 0.525. The summed E-state index contributed by atoms with van der Waals surface area (Å²) < 4.78 is 30.7. The first kappa shape index (κ1) is 21.4. The number of nitrogens with one attached hydrogen (secondary N) is 3. The fraction of sp³-hybridized carbons (Fsp3) is 0.130. The van der Waals surface area contributed by atoms with E-state index in [1.165, 1.54) is 6.92 Å². The quantitative estimate of drug-likeness (QED) is 0.374. The highest BCUT2D eigenvalue weighted by Crippen LogP contribution is 2.36. The molecule has 3 N–H and O–H groups in total. The number of sulfonamides is 1. The molecule has 9 heteroatoms. The average Bonchev–Trinajstić information content (AvgIpc) is 2.72. The first-order chi connectivity index (χ1) is 15.2. The van der Waals surface area contributed by atoms with E-state index in [4.69, 9.17) is 9.72 Å². The standard InChI is InChI=1S/C23H22N4O4S/c1-14(28)24-17-8-10-19-21(12-17)26-22-13-18(31-2)9-11-20(22)23(19)25-15-4-6-16(7-5-15)27-32(3,29)30/h4-13,27H,1-3H3,(H,24,28)(H,25,26). The van der Waals surface area contributed by atoms with Crippen molar-refractivity contribution in [1.29, 1.82) is 0 Å². The lowest BCUT2D eigenvalue weighted by atomic mass is 10.1. The summed E-state index contributed by atoms with van der Waals surface area (Å²) in [6, 6.07) is 18.2. The first-order valence-corrected chi connectivity index (χ1v) is 11.6. The zero-order valence-corrected chi connectivity index (χ0v) is 18.6. The summed E-state index contributed by atoms with van der Waals surface area (Å²) in [6.45, 7) is 1.46. The molecular weight excluding hydrogens is 428 g/mol. The third kappa shape index (κ3) is 4.73. The summed E-state index contributed by atoms with van der Waals surface area (Å²) in [7, 11) is -1.75. The number of aromatic nitrogens is 1. The lowest BCUT2D eigenvalue weighted by molar-refractivity contribution is -0.114. The van der Waals surface area contributed by atoms with Crippen molar-refractivity contribution in [2.24, 2.45) is 0 Å². The van der Waals surface area contributed by atoms with Crippen molar-refractivity contribution in [2.75, 3.05) is 28.7 Å². The second-order valence-corrected chi connectivity index (χ2v) is 9.11. The molecule has 0 spiro atoms.